The average molecular weight is 531 g/mol. The van der Waals surface area contributed by atoms with Crippen molar-refractivity contribution >= 4 is 34.6 Å². The van der Waals surface area contributed by atoms with E-state index in [0.717, 1.165) is 28.4 Å². The van der Waals surface area contributed by atoms with Crippen molar-refractivity contribution in [2.75, 3.05) is 11.9 Å². The van der Waals surface area contributed by atoms with Crippen LogP contribution in [0.4, 0.5) is 19.0 Å². The van der Waals surface area contributed by atoms with Gasteiger partial charge in [0.1, 0.15) is 17.2 Å². The first-order chi connectivity index (χ1) is 17.3. The second kappa shape index (κ2) is 8.72. The van der Waals surface area contributed by atoms with Gasteiger partial charge in [-0.15, -0.1) is 11.3 Å². The Morgan fingerprint density at radius 3 is 2.59 bits per heavy atom. The molecule has 12 heteroatoms. The summed E-state index contributed by atoms with van der Waals surface area (Å²) < 4.78 is 42.4. The van der Waals surface area contributed by atoms with Gasteiger partial charge >= 0.3 is 6.18 Å². The van der Waals surface area contributed by atoms with Crippen molar-refractivity contribution in [3.8, 4) is 0 Å². The molecule has 0 saturated heterocycles. The van der Waals surface area contributed by atoms with E-state index in [0.29, 0.717) is 24.3 Å². The molecule has 1 N–H and O–H groups in total. The summed E-state index contributed by atoms with van der Waals surface area (Å²) in [5.41, 5.74) is 1.59. The van der Waals surface area contributed by atoms with Crippen LogP contribution in [0.5, 0.6) is 0 Å². The number of amides is 2. The number of pyridine rings is 1. The van der Waals surface area contributed by atoms with Gasteiger partial charge in [-0.3, -0.25) is 18.7 Å². The van der Waals surface area contributed by atoms with Crippen molar-refractivity contribution in [1.82, 2.24) is 24.1 Å². The molecule has 0 aromatic carbocycles. The predicted molar refractivity (Wildman–Crippen MR) is 133 cm³/mol. The molecule has 0 aliphatic carbocycles. The van der Waals surface area contributed by atoms with Gasteiger partial charge in [0.2, 0.25) is 0 Å². The molecule has 1 aliphatic heterocycles. The normalized spacial score (nSPS) is 14.2. The molecule has 5 rings (SSSR count). The minimum atomic E-state index is -4.53. The number of imidazole rings is 1. The highest BCUT2D eigenvalue weighted by Gasteiger charge is 2.32. The Labute approximate surface area is 214 Å². The van der Waals surface area contributed by atoms with Gasteiger partial charge < -0.3 is 10.2 Å². The molecule has 4 aromatic rings. The number of thiophene rings is 1. The number of alkyl halides is 3. The summed E-state index contributed by atoms with van der Waals surface area (Å²) >= 11 is 1.38. The third kappa shape index (κ3) is 4.61. The highest BCUT2D eigenvalue weighted by atomic mass is 32.1. The summed E-state index contributed by atoms with van der Waals surface area (Å²) in [7, 11) is 1.77. The zero-order valence-electron chi connectivity index (χ0n) is 20.7. The monoisotopic (exact) mass is 530 g/mol. The van der Waals surface area contributed by atoms with Crippen LogP contribution >= 0.6 is 11.3 Å². The van der Waals surface area contributed by atoms with E-state index in [1.165, 1.54) is 28.0 Å². The van der Waals surface area contributed by atoms with Gasteiger partial charge in [0.25, 0.3) is 11.8 Å². The quantitative estimate of drug-likeness (QED) is 0.409. The van der Waals surface area contributed by atoms with Crippen molar-refractivity contribution in [2.45, 2.75) is 45.3 Å². The number of carbonyl (C=O) groups is 2. The number of hydrogen-bond donors (Lipinski definition) is 1. The lowest BCUT2D eigenvalue weighted by molar-refractivity contribution is -0.137. The molecule has 5 heterocycles. The summed E-state index contributed by atoms with van der Waals surface area (Å²) in [6, 6.07) is 4.04. The summed E-state index contributed by atoms with van der Waals surface area (Å²) in [4.78, 5) is 32.9. The third-order valence-corrected chi connectivity index (χ3v) is 7.43. The molecule has 0 fully saturated rings. The van der Waals surface area contributed by atoms with E-state index in [9.17, 15) is 22.8 Å². The molecule has 1 aliphatic rings. The van der Waals surface area contributed by atoms with E-state index < -0.39 is 17.6 Å². The number of anilines is 1. The van der Waals surface area contributed by atoms with Crippen LogP contribution in [0, 0.1) is 0 Å². The maximum atomic E-state index is 13.2. The van der Waals surface area contributed by atoms with Crippen LogP contribution in [0.1, 0.15) is 63.3 Å². The molecule has 0 spiro atoms. The zero-order chi connectivity index (χ0) is 26.7. The summed E-state index contributed by atoms with van der Waals surface area (Å²) in [5.74, 6) is -0.0722. The van der Waals surface area contributed by atoms with Gasteiger partial charge in [-0.1, -0.05) is 20.8 Å². The molecule has 194 valence electrons. The molecular formula is C25H25F3N6O2S. The Morgan fingerprint density at radius 1 is 1.16 bits per heavy atom. The van der Waals surface area contributed by atoms with E-state index >= 15 is 0 Å². The fourth-order valence-corrected chi connectivity index (χ4v) is 5.39. The van der Waals surface area contributed by atoms with Crippen LogP contribution in [0.3, 0.4) is 0 Å². The number of nitrogens with one attached hydrogen (secondary N) is 1. The van der Waals surface area contributed by atoms with Crippen molar-refractivity contribution in [2.24, 2.45) is 7.05 Å². The van der Waals surface area contributed by atoms with Crippen LogP contribution in [-0.2, 0) is 31.6 Å². The molecule has 2 amide bonds. The highest BCUT2D eigenvalue weighted by Crippen LogP contribution is 2.32. The number of halogens is 3. The second-order valence-corrected chi connectivity index (χ2v) is 11.0. The summed E-state index contributed by atoms with van der Waals surface area (Å²) in [6.07, 6.45) is -1.89. The van der Waals surface area contributed by atoms with E-state index in [4.69, 9.17) is 0 Å². The van der Waals surface area contributed by atoms with Crippen molar-refractivity contribution in [1.29, 1.82) is 0 Å². The molecule has 4 aromatic heterocycles. The number of fused-ring (bicyclic) bond motifs is 2. The van der Waals surface area contributed by atoms with E-state index in [1.807, 2.05) is 26.8 Å². The summed E-state index contributed by atoms with van der Waals surface area (Å²) in [5, 5.41) is 9.20. The standard InChI is InChI=1S/C25H25F3N6O2S/c1-24(2,3)19-9-21(32(4)31-19)30-22(35)16-13-37-18-12-33(8-7-15(16)18)23(36)17-10-29-20-6-5-14(11-34(17)20)25(26,27)28/h5-6,9-11,13H,7-8,12H2,1-4H3,(H,30,35). The lowest BCUT2D eigenvalue weighted by Gasteiger charge is -2.27. The molecule has 0 bridgehead atoms. The number of rotatable bonds is 3. The SMILES string of the molecule is Cn1nc(C(C)(C)C)cc1NC(=O)c1csc2c1CCN(C(=O)c1cnc3ccc(C(F)(F)F)cn13)C2. The van der Waals surface area contributed by atoms with Crippen LogP contribution in [0.2, 0.25) is 0 Å². The Balaban J connectivity index is 1.34. The van der Waals surface area contributed by atoms with Crippen molar-refractivity contribution in [3.05, 3.63) is 68.9 Å². The maximum absolute atomic E-state index is 13.2. The minimum absolute atomic E-state index is 0.0601. The lowest BCUT2D eigenvalue weighted by Crippen LogP contribution is -2.36. The predicted octanol–water partition coefficient (Wildman–Crippen LogP) is 4.90. The van der Waals surface area contributed by atoms with Crippen LogP contribution in [0.15, 0.2) is 36.0 Å². The smallest absolute Gasteiger partial charge is 0.332 e. The van der Waals surface area contributed by atoms with E-state index in [2.05, 4.69) is 15.4 Å². The van der Waals surface area contributed by atoms with Gasteiger partial charge in [-0.2, -0.15) is 18.3 Å². The fraction of sp³-hybridized carbons (Fsp3) is 0.360. The minimum Gasteiger partial charge on any atom is -0.332 e. The molecule has 8 nitrogen and oxygen atoms in total. The highest BCUT2D eigenvalue weighted by molar-refractivity contribution is 7.10. The Kier molecular flexibility index (Phi) is 5.89. The molecule has 0 atom stereocenters. The van der Waals surface area contributed by atoms with Crippen molar-refractivity contribution < 1.29 is 22.8 Å². The average Bonchev–Trinajstić information content (AvgIpc) is 3.53. The first kappa shape index (κ1) is 25.0. The van der Waals surface area contributed by atoms with Crippen LogP contribution in [0.25, 0.3) is 5.65 Å². The van der Waals surface area contributed by atoms with Gasteiger partial charge in [-0.05, 0) is 24.1 Å². The molecule has 37 heavy (non-hydrogen) atoms. The van der Waals surface area contributed by atoms with Crippen LogP contribution in [-0.4, -0.2) is 42.4 Å². The maximum Gasteiger partial charge on any atom is 0.417 e. The van der Waals surface area contributed by atoms with Gasteiger partial charge in [0, 0.05) is 41.5 Å². The van der Waals surface area contributed by atoms with Gasteiger partial charge in [0.15, 0.2) is 0 Å². The van der Waals surface area contributed by atoms with Crippen molar-refractivity contribution in [3.63, 3.8) is 0 Å². The molecule has 0 unspecified atom stereocenters. The Bertz CT molecular complexity index is 1530. The second-order valence-electron chi connectivity index (χ2n) is 10.1. The Hall–Kier alpha value is -3.67. The lowest BCUT2D eigenvalue weighted by atomic mass is 9.92. The van der Waals surface area contributed by atoms with Gasteiger partial charge in [0.05, 0.1) is 29.6 Å². The largest absolute Gasteiger partial charge is 0.417 e. The Morgan fingerprint density at radius 2 is 1.92 bits per heavy atom. The zero-order valence-corrected chi connectivity index (χ0v) is 21.5. The topological polar surface area (TPSA) is 84.5 Å². The fourth-order valence-electron chi connectivity index (χ4n) is 4.30. The molecule has 0 radical (unpaired) electrons. The molecular weight excluding hydrogens is 505 g/mol. The number of hydrogen-bond acceptors (Lipinski definition) is 5. The van der Waals surface area contributed by atoms with E-state index in [-0.39, 0.29) is 29.2 Å². The first-order valence-electron chi connectivity index (χ1n) is 11.6. The number of aryl methyl sites for hydroxylation is 1. The number of carbonyl (C=O) groups excluding carboxylic acids is 2. The third-order valence-electron chi connectivity index (χ3n) is 6.42. The first-order valence-corrected chi connectivity index (χ1v) is 12.5. The molecule has 0 saturated carbocycles. The van der Waals surface area contributed by atoms with Gasteiger partial charge in [-0.25, -0.2) is 4.98 Å². The summed E-state index contributed by atoms with van der Waals surface area (Å²) in [6.45, 7) is 6.73. The number of nitrogens with zero attached hydrogens (tertiary/aromatic N) is 5. The van der Waals surface area contributed by atoms with Crippen LogP contribution < -0.4 is 5.32 Å². The number of aromatic nitrogens is 4. The van der Waals surface area contributed by atoms with E-state index in [1.54, 1.807) is 22.0 Å².